The molecule has 0 aliphatic heterocycles. The van der Waals surface area contributed by atoms with Crippen LogP contribution in [0.1, 0.15) is 31.7 Å². The van der Waals surface area contributed by atoms with Gasteiger partial charge in [-0.2, -0.15) is 11.8 Å². The van der Waals surface area contributed by atoms with Crippen LogP contribution < -0.4 is 4.74 Å². The van der Waals surface area contributed by atoms with E-state index >= 15 is 0 Å². The van der Waals surface area contributed by atoms with Crippen LogP contribution in [0.15, 0.2) is 30.5 Å². The topological polar surface area (TPSA) is 39.9 Å². The van der Waals surface area contributed by atoms with Crippen LogP contribution in [0.4, 0.5) is 0 Å². The summed E-state index contributed by atoms with van der Waals surface area (Å²) in [6, 6.07) is 8.45. The average Bonchev–Trinajstić information content (AvgIpc) is 3.04. The number of hydrogen-bond donors (Lipinski definition) is 0. The molecule has 4 nitrogen and oxygen atoms in total. The molecule has 2 aromatic rings. The number of benzene rings is 1. The molecule has 1 aliphatic carbocycles. The molecule has 5 heteroatoms. The van der Waals surface area contributed by atoms with Crippen molar-refractivity contribution >= 4 is 11.8 Å². The van der Waals surface area contributed by atoms with Crippen LogP contribution in [0.25, 0.3) is 11.3 Å². The van der Waals surface area contributed by atoms with Gasteiger partial charge in [-0.25, -0.2) is 4.68 Å². The molecule has 112 valence electrons. The summed E-state index contributed by atoms with van der Waals surface area (Å²) < 4.78 is 7.26. The zero-order chi connectivity index (χ0) is 14.7. The maximum atomic E-state index is 5.19. The second-order valence-electron chi connectivity index (χ2n) is 5.44. The molecule has 0 N–H and O–H groups in total. The first-order chi connectivity index (χ1) is 10.3. The van der Waals surface area contributed by atoms with Gasteiger partial charge in [-0.15, -0.1) is 5.10 Å². The van der Waals surface area contributed by atoms with E-state index in [1.807, 2.05) is 36.0 Å². The minimum atomic E-state index is 0.480. The Bertz CT molecular complexity index is 581. The highest BCUT2D eigenvalue weighted by Crippen LogP contribution is 2.35. The van der Waals surface area contributed by atoms with Crippen LogP contribution in [0, 0.1) is 0 Å². The Morgan fingerprint density at radius 3 is 2.67 bits per heavy atom. The molecule has 0 radical (unpaired) electrons. The lowest BCUT2D eigenvalue weighted by molar-refractivity contribution is 0.334. The van der Waals surface area contributed by atoms with Gasteiger partial charge in [0.2, 0.25) is 0 Å². The molecule has 0 bridgehead atoms. The van der Waals surface area contributed by atoms with Gasteiger partial charge in [-0.05, 0) is 43.4 Å². The number of methoxy groups -OCH3 is 1. The fourth-order valence-corrected chi connectivity index (χ4v) is 3.97. The molecular formula is C16H21N3OS. The van der Waals surface area contributed by atoms with Gasteiger partial charge in [0, 0.05) is 10.8 Å². The number of rotatable bonds is 4. The van der Waals surface area contributed by atoms with Crippen LogP contribution in [0.5, 0.6) is 5.75 Å². The summed E-state index contributed by atoms with van der Waals surface area (Å²) in [5, 5.41) is 9.38. The number of ether oxygens (including phenoxy) is 1. The Kier molecular flexibility index (Phi) is 4.48. The maximum absolute atomic E-state index is 5.19. The molecule has 1 saturated carbocycles. The minimum Gasteiger partial charge on any atom is -0.497 e. The van der Waals surface area contributed by atoms with Crippen molar-refractivity contribution < 1.29 is 4.74 Å². The summed E-state index contributed by atoms with van der Waals surface area (Å²) in [6.07, 6.45) is 9.40. The van der Waals surface area contributed by atoms with E-state index in [1.54, 1.807) is 7.11 Å². The molecule has 1 aromatic heterocycles. The highest BCUT2D eigenvalue weighted by molar-refractivity contribution is 7.99. The van der Waals surface area contributed by atoms with Crippen molar-refractivity contribution in [1.29, 1.82) is 0 Å². The van der Waals surface area contributed by atoms with Crippen molar-refractivity contribution in [3.8, 4) is 17.0 Å². The fraction of sp³-hybridized carbons (Fsp3) is 0.500. The van der Waals surface area contributed by atoms with Crippen molar-refractivity contribution in [2.75, 3.05) is 13.4 Å². The summed E-state index contributed by atoms with van der Waals surface area (Å²) in [4.78, 5) is 0. The molecule has 21 heavy (non-hydrogen) atoms. The maximum Gasteiger partial charge on any atom is 0.118 e. The van der Waals surface area contributed by atoms with Gasteiger partial charge < -0.3 is 4.74 Å². The van der Waals surface area contributed by atoms with Crippen molar-refractivity contribution in [2.24, 2.45) is 0 Å². The summed E-state index contributed by atoms with van der Waals surface area (Å²) >= 11 is 1.95. The molecule has 0 unspecified atom stereocenters. The molecule has 1 aromatic carbocycles. The third-order valence-electron chi connectivity index (χ3n) is 4.21. The lowest BCUT2D eigenvalue weighted by Crippen LogP contribution is -2.25. The largest absolute Gasteiger partial charge is 0.497 e. The van der Waals surface area contributed by atoms with Gasteiger partial charge in [-0.3, -0.25) is 0 Å². The minimum absolute atomic E-state index is 0.480. The van der Waals surface area contributed by atoms with E-state index in [4.69, 9.17) is 4.74 Å². The Hall–Kier alpha value is -1.49. The number of aromatic nitrogens is 3. The monoisotopic (exact) mass is 303 g/mol. The molecule has 1 heterocycles. The molecule has 1 fully saturated rings. The second kappa shape index (κ2) is 6.52. The number of nitrogens with zero attached hydrogens (tertiary/aromatic N) is 3. The molecule has 2 atom stereocenters. The molecule has 0 amide bonds. The lowest BCUT2D eigenvalue weighted by atomic mass is 9.95. The van der Waals surface area contributed by atoms with E-state index in [9.17, 15) is 0 Å². The van der Waals surface area contributed by atoms with E-state index in [1.165, 1.54) is 25.7 Å². The molecule has 1 aliphatic rings. The van der Waals surface area contributed by atoms with Gasteiger partial charge in [0.05, 0.1) is 19.3 Å². The van der Waals surface area contributed by atoms with Crippen LogP contribution in [0.3, 0.4) is 0 Å². The Labute approximate surface area is 129 Å². The van der Waals surface area contributed by atoms with E-state index in [-0.39, 0.29) is 0 Å². The van der Waals surface area contributed by atoms with Crippen LogP contribution in [-0.2, 0) is 0 Å². The molecule has 0 saturated heterocycles. The van der Waals surface area contributed by atoms with Crippen molar-refractivity contribution in [2.45, 2.75) is 37.0 Å². The third-order valence-corrected chi connectivity index (χ3v) is 5.36. The van der Waals surface area contributed by atoms with Crippen LogP contribution in [-0.4, -0.2) is 33.6 Å². The first-order valence-electron chi connectivity index (χ1n) is 7.41. The van der Waals surface area contributed by atoms with Crippen molar-refractivity contribution in [3.05, 3.63) is 30.5 Å². The van der Waals surface area contributed by atoms with E-state index in [0.717, 1.165) is 17.0 Å². The zero-order valence-electron chi connectivity index (χ0n) is 12.5. The quantitative estimate of drug-likeness (QED) is 0.861. The predicted molar refractivity (Wildman–Crippen MR) is 86.8 cm³/mol. The highest BCUT2D eigenvalue weighted by atomic mass is 32.2. The predicted octanol–water partition coefficient (Wildman–Crippen LogP) is 3.80. The first-order valence-corrected chi connectivity index (χ1v) is 8.69. The van der Waals surface area contributed by atoms with Gasteiger partial charge in [-0.1, -0.05) is 18.1 Å². The fourth-order valence-electron chi connectivity index (χ4n) is 2.99. The van der Waals surface area contributed by atoms with Crippen molar-refractivity contribution in [3.63, 3.8) is 0 Å². The van der Waals surface area contributed by atoms with Gasteiger partial charge in [0.15, 0.2) is 0 Å². The summed E-state index contributed by atoms with van der Waals surface area (Å²) in [6.45, 7) is 0. The van der Waals surface area contributed by atoms with Gasteiger partial charge in [0.25, 0.3) is 0 Å². The van der Waals surface area contributed by atoms with E-state index in [2.05, 4.69) is 27.4 Å². The first kappa shape index (κ1) is 14.4. The smallest absolute Gasteiger partial charge is 0.118 e. The Balaban J connectivity index is 1.81. The lowest BCUT2D eigenvalue weighted by Gasteiger charge is -2.29. The molecule has 0 spiro atoms. The summed E-state index contributed by atoms with van der Waals surface area (Å²) in [5.74, 6) is 0.862. The normalized spacial score (nSPS) is 22.2. The third kappa shape index (κ3) is 3.07. The number of thioether (sulfide) groups is 1. The van der Waals surface area contributed by atoms with Crippen LogP contribution in [0.2, 0.25) is 0 Å². The summed E-state index contributed by atoms with van der Waals surface area (Å²) in [7, 11) is 1.68. The van der Waals surface area contributed by atoms with Gasteiger partial charge >= 0.3 is 0 Å². The van der Waals surface area contributed by atoms with Gasteiger partial charge in [0.1, 0.15) is 11.4 Å². The van der Waals surface area contributed by atoms with Crippen molar-refractivity contribution in [1.82, 2.24) is 15.0 Å². The average molecular weight is 303 g/mol. The molecular weight excluding hydrogens is 282 g/mol. The van der Waals surface area contributed by atoms with Crippen LogP contribution >= 0.6 is 11.8 Å². The SMILES string of the molecule is COc1ccc(-c2cn([C@@H]3CCCC[C@H]3SC)nn2)cc1. The Morgan fingerprint density at radius 2 is 1.95 bits per heavy atom. The highest BCUT2D eigenvalue weighted by Gasteiger charge is 2.26. The standard InChI is InChI=1S/C16H21N3OS/c1-20-13-9-7-12(8-10-13)14-11-19(18-17-14)15-5-3-4-6-16(15)21-2/h7-11,15-16H,3-6H2,1-2H3/t15-,16-/m1/s1. The molecule has 3 rings (SSSR count). The second-order valence-corrected chi connectivity index (χ2v) is 6.52. The Morgan fingerprint density at radius 1 is 1.19 bits per heavy atom. The number of hydrogen-bond acceptors (Lipinski definition) is 4. The van der Waals surface area contributed by atoms with E-state index < -0.39 is 0 Å². The summed E-state index contributed by atoms with van der Waals surface area (Å²) in [5.41, 5.74) is 2.02. The van der Waals surface area contributed by atoms with E-state index in [0.29, 0.717) is 11.3 Å². The zero-order valence-corrected chi connectivity index (χ0v) is 13.3.